The molecule has 1 aromatic heterocycles. The highest BCUT2D eigenvalue weighted by Crippen LogP contribution is 2.18. The molecule has 0 atom stereocenters. The first-order valence-electron chi connectivity index (χ1n) is 8.33. The van der Waals surface area contributed by atoms with Crippen LogP contribution in [-0.2, 0) is 11.3 Å². The number of carbonyl (C=O) groups is 1. The van der Waals surface area contributed by atoms with E-state index in [1.807, 2.05) is 31.1 Å². The molecule has 0 N–H and O–H groups in total. The van der Waals surface area contributed by atoms with Gasteiger partial charge < -0.3 is 14.5 Å². The molecule has 0 aliphatic carbocycles. The third kappa shape index (κ3) is 5.97. The number of ether oxygens (including phenoxy) is 1. The highest BCUT2D eigenvalue weighted by molar-refractivity contribution is 5.91. The van der Waals surface area contributed by atoms with Crippen LogP contribution in [0.5, 0.6) is 5.75 Å². The summed E-state index contributed by atoms with van der Waals surface area (Å²) in [5, 5.41) is 0. The molecule has 0 bridgehead atoms. The van der Waals surface area contributed by atoms with Crippen LogP contribution in [0.25, 0.3) is 6.08 Å². The molecule has 2 aromatic rings. The van der Waals surface area contributed by atoms with Crippen molar-refractivity contribution in [2.45, 2.75) is 6.54 Å². The molecule has 26 heavy (non-hydrogen) atoms. The minimum atomic E-state index is -0.457. The van der Waals surface area contributed by atoms with Crippen LogP contribution >= 0.6 is 0 Å². The number of halogens is 1. The zero-order valence-electron chi connectivity index (χ0n) is 15.4. The van der Waals surface area contributed by atoms with Crippen LogP contribution in [0.3, 0.4) is 0 Å². The molecule has 6 heteroatoms. The molecule has 138 valence electrons. The summed E-state index contributed by atoms with van der Waals surface area (Å²) >= 11 is 0. The van der Waals surface area contributed by atoms with Gasteiger partial charge in [0, 0.05) is 38.1 Å². The number of nitrogens with zero attached hydrogens (tertiary/aromatic N) is 3. The Labute approximate surface area is 153 Å². The van der Waals surface area contributed by atoms with E-state index in [0.29, 0.717) is 18.7 Å². The van der Waals surface area contributed by atoms with E-state index >= 15 is 0 Å². The average Bonchev–Trinajstić information content (AvgIpc) is 2.64. The summed E-state index contributed by atoms with van der Waals surface area (Å²) in [6, 6.07) is 8.37. The Morgan fingerprint density at radius 1 is 1.27 bits per heavy atom. The van der Waals surface area contributed by atoms with E-state index in [9.17, 15) is 9.18 Å². The van der Waals surface area contributed by atoms with E-state index < -0.39 is 5.82 Å². The highest BCUT2D eigenvalue weighted by Gasteiger charge is 2.12. The minimum Gasteiger partial charge on any atom is -0.494 e. The maximum absolute atomic E-state index is 13.8. The van der Waals surface area contributed by atoms with E-state index in [0.717, 1.165) is 12.1 Å². The highest BCUT2D eigenvalue weighted by atomic mass is 19.1. The zero-order valence-corrected chi connectivity index (χ0v) is 15.4. The van der Waals surface area contributed by atoms with Gasteiger partial charge >= 0.3 is 0 Å². The van der Waals surface area contributed by atoms with Gasteiger partial charge in [-0.1, -0.05) is 12.1 Å². The first kappa shape index (κ1) is 19.6. The smallest absolute Gasteiger partial charge is 0.246 e. The number of amides is 1. The first-order chi connectivity index (χ1) is 12.5. The molecule has 0 aliphatic heterocycles. The number of aromatic nitrogens is 1. The molecule has 5 nitrogen and oxygen atoms in total. The predicted octanol–water partition coefficient (Wildman–Crippen LogP) is 2.83. The van der Waals surface area contributed by atoms with Crippen LogP contribution in [0.1, 0.15) is 11.1 Å². The van der Waals surface area contributed by atoms with Gasteiger partial charge in [0.2, 0.25) is 5.91 Å². The second kappa shape index (κ2) is 9.68. The fourth-order valence-corrected chi connectivity index (χ4v) is 2.36. The molecule has 1 heterocycles. The number of hydrogen-bond donors (Lipinski definition) is 0. The van der Waals surface area contributed by atoms with Gasteiger partial charge in [0.25, 0.3) is 0 Å². The van der Waals surface area contributed by atoms with Gasteiger partial charge in [0.1, 0.15) is 0 Å². The summed E-state index contributed by atoms with van der Waals surface area (Å²) < 4.78 is 18.7. The number of benzene rings is 1. The number of pyridine rings is 1. The normalized spacial score (nSPS) is 11.1. The van der Waals surface area contributed by atoms with Crippen LogP contribution in [-0.4, -0.2) is 55.0 Å². The van der Waals surface area contributed by atoms with Crippen molar-refractivity contribution in [2.24, 2.45) is 0 Å². The second-order valence-corrected chi connectivity index (χ2v) is 6.15. The van der Waals surface area contributed by atoms with Crippen molar-refractivity contribution in [2.75, 3.05) is 34.3 Å². The lowest BCUT2D eigenvalue weighted by atomic mass is 10.2. The molecule has 1 aromatic carbocycles. The molecule has 0 aliphatic rings. The van der Waals surface area contributed by atoms with E-state index in [-0.39, 0.29) is 11.7 Å². The Morgan fingerprint density at radius 2 is 2.08 bits per heavy atom. The molecule has 1 amide bonds. The van der Waals surface area contributed by atoms with E-state index in [4.69, 9.17) is 4.74 Å². The Kier molecular flexibility index (Phi) is 7.29. The topological polar surface area (TPSA) is 45.7 Å². The van der Waals surface area contributed by atoms with E-state index in [1.54, 1.807) is 35.5 Å². The Morgan fingerprint density at radius 3 is 2.69 bits per heavy atom. The maximum atomic E-state index is 13.8. The van der Waals surface area contributed by atoms with Crippen molar-refractivity contribution in [1.29, 1.82) is 0 Å². The summed E-state index contributed by atoms with van der Waals surface area (Å²) in [6.07, 6.45) is 6.52. The summed E-state index contributed by atoms with van der Waals surface area (Å²) in [5.74, 6) is -0.411. The third-order valence-electron chi connectivity index (χ3n) is 3.82. The van der Waals surface area contributed by atoms with Gasteiger partial charge in [-0.15, -0.1) is 0 Å². The minimum absolute atomic E-state index is 0.132. The van der Waals surface area contributed by atoms with Crippen molar-refractivity contribution >= 4 is 12.0 Å². The van der Waals surface area contributed by atoms with Crippen LogP contribution in [0, 0.1) is 5.82 Å². The molecule has 2 rings (SSSR count). The lowest BCUT2D eigenvalue weighted by Crippen LogP contribution is -2.35. The fraction of sp³-hybridized carbons (Fsp3) is 0.300. The average molecular weight is 357 g/mol. The first-order valence-corrected chi connectivity index (χ1v) is 8.33. The number of hydrogen-bond acceptors (Lipinski definition) is 4. The van der Waals surface area contributed by atoms with E-state index in [1.165, 1.54) is 19.3 Å². The predicted molar refractivity (Wildman–Crippen MR) is 100 cm³/mol. The van der Waals surface area contributed by atoms with Gasteiger partial charge in [-0.2, -0.15) is 0 Å². The van der Waals surface area contributed by atoms with Crippen LogP contribution < -0.4 is 4.74 Å². The largest absolute Gasteiger partial charge is 0.494 e. The van der Waals surface area contributed by atoms with Gasteiger partial charge in [0.05, 0.1) is 7.11 Å². The summed E-state index contributed by atoms with van der Waals surface area (Å²) in [7, 11) is 5.34. The molecule has 0 spiro atoms. The monoisotopic (exact) mass is 357 g/mol. The van der Waals surface area contributed by atoms with Crippen molar-refractivity contribution < 1.29 is 13.9 Å². The summed E-state index contributed by atoms with van der Waals surface area (Å²) in [6.45, 7) is 1.81. The van der Waals surface area contributed by atoms with Crippen LogP contribution in [0.15, 0.2) is 48.8 Å². The van der Waals surface area contributed by atoms with Gasteiger partial charge in [0.15, 0.2) is 11.6 Å². The Hall–Kier alpha value is -2.73. The third-order valence-corrected chi connectivity index (χ3v) is 3.82. The molecule has 0 saturated heterocycles. The molecular formula is C20H24FN3O2. The van der Waals surface area contributed by atoms with Gasteiger partial charge in [-0.25, -0.2) is 4.39 Å². The molecule has 0 saturated carbocycles. The summed E-state index contributed by atoms with van der Waals surface area (Å²) in [5.41, 5.74) is 1.56. The van der Waals surface area contributed by atoms with Crippen molar-refractivity contribution in [3.05, 3.63) is 65.7 Å². The Bertz CT molecular complexity index is 748. The molecule has 0 fully saturated rings. The van der Waals surface area contributed by atoms with Gasteiger partial charge in [-0.3, -0.25) is 9.78 Å². The maximum Gasteiger partial charge on any atom is 0.246 e. The number of likely N-dealkylation sites (N-methyl/N-ethyl adjacent to an activating group) is 1. The standard InChI is InChI=1S/C20H24FN3O2/c1-23(2)11-12-24(15-17-5-4-10-22-14-17)20(25)9-7-16-6-8-19(26-3)18(21)13-16/h4-10,13-14H,11-12,15H2,1-3H3. The van der Waals surface area contributed by atoms with Gasteiger partial charge in [-0.05, 0) is 49.5 Å². The molecule has 0 unspecified atom stereocenters. The quantitative estimate of drug-likeness (QED) is 0.682. The van der Waals surface area contributed by atoms with E-state index in [2.05, 4.69) is 4.98 Å². The number of carbonyl (C=O) groups excluding carboxylic acids is 1. The lowest BCUT2D eigenvalue weighted by Gasteiger charge is -2.23. The van der Waals surface area contributed by atoms with Crippen LogP contribution in [0.2, 0.25) is 0 Å². The molecular weight excluding hydrogens is 333 g/mol. The van der Waals surface area contributed by atoms with Crippen molar-refractivity contribution in [3.63, 3.8) is 0 Å². The Balaban J connectivity index is 2.10. The fourth-order valence-electron chi connectivity index (χ4n) is 2.36. The summed E-state index contributed by atoms with van der Waals surface area (Å²) in [4.78, 5) is 20.5. The van der Waals surface area contributed by atoms with Crippen LogP contribution in [0.4, 0.5) is 4.39 Å². The molecule has 0 radical (unpaired) electrons. The lowest BCUT2D eigenvalue weighted by molar-refractivity contribution is -0.126. The van der Waals surface area contributed by atoms with Crippen molar-refractivity contribution in [3.8, 4) is 5.75 Å². The van der Waals surface area contributed by atoms with Crippen molar-refractivity contribution in [1.82, 2.24) is 14.8 Å². The second-order valence-electron chi connectivity index (χ2n) is 6.15. The number of rotatable bonds is 8. The SMILES string of the molecule is COc1ccc(C=CC(=O)N(CCN(C)C)Cc2cccnc2)cc1F. The zero-order chi connectivity index (χ0) is 18.9. The number of methoxy groups -OCH3 is 1.